The Morgan fingerprint density at radius 2 is 1.83 bits per heavy atom. The number of nitrogen functional groups attached to an aromatic ring is 1. The van der Waals surface area contributed by atoms with Crippen molar-refractivity contribution in [2.24, 2.45) is 0 Å². The van der Waals surface area contributed by atoms with Crippen LogP contribution in [0.4, 0.5) is 5.69 Å². The Morgan fingerprint density at radius 1 is 1.28 bits per heavy atom. The van der Waals surface area contributed by atoms with Gasteiger partial charge in [-0.3, -0.25) is 0 Å². The molecule has 4 N–H and O–H groups in total. The van der Waals surface area contributed by atoms with Crippen LogP contribution in [0.3, 0.4) is 0 Å². The lowest BCUT2D eigenvalue weighted by atomic mass is 10.3. The lowest BCUT2D eigenvalue weighted by molar-refractivity contribution is 0.0572. The Hall–Kier alpha value is -0.860. The fourth-order valence-electron chi connectivity index (χ4n) is 1.86. The lowest BCUT2D eigenvalue weighted by Crippen LogP contribution is -2.30. The van der Waals surface area contributed by atoms with E-state index in [4.69, 9.17) is 17.3 Å². The molecule has 8 heteroatoms. The molecule has 1 heterocycles. The summed E-state index contributed by atoms with van der Waals surface area (Å²) in [6.07, 6.45) is -2.19. The second kappa shape index (κ2) is 4.67. The molecule has 1 aromatic rings. The minimum Gasteiger partial charge on any atom is -0.398 e. The molecular weight excluding hydrogens is 280 g/mol. The quantitative estimate of drug-likeness (QED) is 0.646. The first-order valence-electron chi connectivity index (χ1n) is 5.24. The van der Waals surface area contributed by atoms with Crippen molar-refractivity contribution in [1.82, 2.24) is 4.31 Å². The van der Waals surface area contributed by atoms with Crippen molar-refractivity contribution in [3.8, 4) is 0 Å². The summed E-state index contributed by atoms with van der Waals surface area (Å²) in [6, 6.07) is 4.40. The highest BCUT2D eigenvalue weighted by molar-refractivity contribution is 7.89. The lowest BCUT2D eigenvalue weighted by Gasteiger charge is -2.17. The minimum absolute atomic E-state index is 0.0193. The molecule has 0 aliphatic carbocycles. The molecule has 1 fully saturated rings. The number of hydrogen-bond donors (Lipinski definition) is 3. The van der Waals surface area contributed by atoms with Gasteiger partial charge in [-0.2, -0.15) is 4.31 Å². The Bertz CT molecular complexity index is 533. The van der Waals surface area contributed by atoms with E-state index in [2.05, 4.69) is 0 Å². The molecule has 0 amide bonds. The molecule has 0 spiro atoms. The Labute approximate surface area is 110 Å². The van der Waals surface area contributed by atoms with Gasteiger partial charge < -0.3 is 15.9 Å². The number of aliphatic hydroxyl groups is 2. The third-order valence-corrected chi connectivity index (χ3v) is 5.20. The van der Waals surface area contributed by atoms with Gasteiger partial charge in [0, 0.05) is 13.1 Å². The van der Waals surface area contributed by atoms with E-state index >= 15 is 0 Å². The normalized spacial score (nSPS) is 25.5. The fraction of sp³-hybridized carbons (Fsp3) is 0.400. The van der Waals surface area contributed by atoms with Crippen LogP contribution in [0.5, 0.6) is 0 Å². The SMILES string of the molecule is Nc1cccc(Cl)c1S(=O)(=O)N1CC(O)C(O)C1. The Kier molecular flexibility index (Phi) is 3.52. The van der Waals surface area contributed by atoms with Gasteiger partial charge in [-0.15, -0.1) is 0 Å². The molecule has 0 saturated carbocycles. The molecule has 1 aliphatic rings. The van der Waals surface area contributed by atoms with Gasteiger partial charge in [0.2, 0.25) is 10.0 Å². The molecule has 1 aliphatic heterocycles. The van der Waals surface area contributed by atoms with Crippen molar-refractivity contribution in [3.63, 3.8) is 0 Å². The average molecular weight is 293 g/mol. The summed E-state index contributed by atoms with van der Waals surface area (Å²) >= 11 is 5.85. The zero-order chi connectivity index (χ0) is 13.5. The van der Waals surface area contributed by atoms with Crippen molar-refractivity contribution in [3.05, 3.63) is 23.2 Å². The second-order valence-electron chi connectivity index (χ2n) is 4.11. The largest absolute Gasteiger partial charge is 0.398 e. The molecule has 0 aromatic heterocycles. The van der Waals surface area contributed by atoms with Crippen molar-refractivity contribution >= 4 is 27.3 Å². The van der Waals surface area contributed by atoms with Gasteiger partial charge in [-0.05, 0) is 12.1 Å². The summed E-state index contributed by atoms with van der Waals surface area (Å²) in [5.74, 6) is 0. The van der Waals surface area contributed by atoms with Crippen LogP contribution >= 0.6 is 11.6 Å². The smallest absolute Gasteiger partial charge is 0.246 e. The summed E-state index contributed by atoms with van der Waals surface area (Å²) in [7, 11) is -3.91. The molecule has 18 heavy (non-hydrogen) atoms. The van der Waals surface area contributed by atoms with Crippen LogP contribution < -0.4 is 5.73 Å². The molecule has 2 atom stereocenters. The number of halogens is 1. The molecule has 2 rings (SSSR count). The summed E-state index contributed by atoms with van der Waals surface area (Å²) in [5, 5.41) is 18.8. The van der Waals surface area contributed by atoms with E-state index in [9.17, 15) is 18.6 Å². The second-order valence-corrected chi connectivity index (χ2v) is 6.40. The first-order chi connectivity index (χ1) is 8.34. The van der Waals surface area contributed by atoms with Gasteiger partial charge in [0.05, 0.1) is 22.9 Å². The van der Waals surface area contributed by atoms with Crippen LogP contribution in [0.2, 0.25) is 5.02 Å². The van der Waals surface area contributed by atoms with E-state index in [1.807, 2.05) is 0 Å². The molecule has 1 saturated heterocycles. The summed E-state index contributed by atoms with van der Waals surface area (Å²) < 4.78 is 25.6. The van der Waals surface area contributed by atoms with Crippen LogP contribution in [-0.2, 0) is 10.0 Å². The zero-order valence-electron chi connectivity index (χ0n) is 9.32. The van der Waals surface area contributed by atoms with Crippen molar-refractivity contribution in [2.45, 2.75) is 17.1 Å². The Morgan fingerprint density at radius 3 is 2.33 bits per heavy atom. The van der Waals surface area contributed by atoms with Gasteiger partial charge in [0.25, 0.3) is 0 Å². The molecule has 0 radical (unpaired) electrons. The van der Waals surface area contributed by atoms with E-state index in [-0.39, 0.29) is 28.7 Å². The number of β-amino-alcohol motifs (C(OH)–C–C–N with tert-alkyl or cyclic N) is 2. The van der Waals surface area contributed by atoms with E-state index < -0.39 is 22.2 Å². The van der Waals surface area contributed by atoms with Gasteiger partial charge >= 0.3 is 0 Å². The third-order valence-electron chi connectivity index (χ3n) is 2.82. The van der Waals surface area contributed by atoms with Gasteiger partial charge in [0.15, 0.2) is 0 Å². The summed E-state index contributed by atoms with van der Waals surface area (Å²) in [5.41, 5.74) is 5.67. The number of anilines is 1. The van der Waals surface area contributed by atoms with E-state index in [0.717, 1.165) is 4.31 Å². The highest BCUT2D eigenvalue weighted by atomic mass is 35.5. The number of rotatable bonds is 2. The van der Waals surface area contributed by atoms with Gasteiger partial charge in [-0.1, -0.05) is 17.7 Å². The standard InChI is InChI=1S/C10H13ClN2O4S/c11-6-2-1-3-7(12)10(6)18(16,17)13-4-8(14)9(15)5-13/h1-3,8-9,14-15H,4-5,12H2. The van der Waals surface area contributed by atoms with Crippen LogP contribution in [0.15, 0.2) is 23.1 Å². The highest BCUT2D eigenvalue weighted by Crippen LogP contribution is 2.31. The Balaban J connectivity index is 2.44. The van der Waals surface area contributed by atoms with Crippen molar-refractivity contribution in [1.29, 1.82) is 0 Å². The summed E-state index contributed by atoms with van der Waals surface area (Å²) in [6.45, 7) is -0.345. The molecule has 0 bridgehead atoms. The summed E-state index contributed by atoms with van der Waals surface area (Å²) in [4.78, 5) is -0.187. The van der Waals surface area contributed by atoms with E-state index in [0.29, 0.717) is 0 Å². The third kappa shape index (κ3) is 2.19. The molecule has 100 valence electrons. The maximum Gasteiger partial charge on any atom is 0.246 e. The van der Waals surface area contributed by atoms with Crippen LogP contribution in [0, 0.1) is 0 Å². The minimum atomic E-state index is -3.91. The molecular formula is C10H13ClN2O4S. The fourth-order valence-corrected chi connectivity index (χ4v) is 3.97. The molecule has 6 nitrogen and oxygen atoms in total. The zero-order valence-corrected chi connectivity index (χ0v) is 10.9. The molecule has 1 aromatic carbocycles. The first-order valence-corrected chi connectivity index (χ1v) is 7.06. The van der Waals surface area contributed by atoms with E-state index in [1.54, 1.807) is 6.07 Å². The molecule has 2 unspecified atom stereocenters. The predicted octanol–water partition coefficient (Wildman–Crippen LogP) is -0.352. The van der Waals surface area contributed by atoms with Crippen LogP contribution in [0.25, 0.3) is 0 Å². The average Bonchev–Trinajstić information content (AvgIpc) is 2.59. The maximum atomic E-state index is 12.3. The van der Waals surface area contributed by atoms with Gasteiger partial charge in [0.1, 0.15) is 4.90 Å². The van der Waals surface area contributed by atoms with Crippen LogP contribution in [0.1, 0.15) is 0 Å². The number of nitrogens with zero attached hydrogens (tertiary/aromatic N) is 1. The van der Waals surface area contributed by atoms with Crippen LogP contribution in [-0.4, -0.2) is 48.2 Å². The number of nitrogens with two attached hydrogens (primary N) is 1. The highest BCUT2D eigenvalue weighted by Gasteiger charge is 2.39. The number of sulfonamides is 1. The topological polar surface area (TPSA) is 104 Å². The van der Waals surface area contributed by atoms with Gasteiger partial charge in [-0.25, -0.2) is 8.42 Å². The predicted molar refractivity (Wildman–Crippen MR) is 66.6 cm³/mol. The number of hydrogen-bond acceptors (Lipinski definition) is 5. The number of benzene rings is 1. The number of aliphatic hydroxyl groups excluding tert-OH is 2. The first kappa shape index (κ1) is 13.6. The van der Waals surface area contributed by atoms with E-state index in [1.165, 1.54) is 12.1 Å². The monoisotopic (exact) mass is 292 g/mol. The van der Waals surface area contributed by atoms with Crippen molar-refractivity contribution < 1.29 is 18.6 Å². The van der Waals surface area contributed by atoms with Crippen molar-refractivity contribution in [2.75, 3.05) is 18.8 Å². The maximum absolute atomic E-state index is 12.3.